The highest BCUT2D eigenvalue weighted by Crippen LogP contribution is 2.13. The lowest BCUT2D eigenvalue weighted by atomic mass is 9.94. The minimum absolute atomic E-state index is 0.0961. The molecule has 0 rings (SSSR count). The maximum Gasteiger partial charge on any atom is 0.151 e. The van der Waals surface area contributed by atoms with Gasteiger partial charge in [-0.1, -0.05) is 0 Å². The second-order valence-corrected chi connectivity index (χ2v) is 2.51. The van der Waals surface area contributed by atoms with E-state index in [-0.39, 0.29) is 6.29 Å². The van der Waals surface area contributed by atoms with Crippen LogP contribution in [0.15, 0.2) is 0 Å². The molecule has 66 valence electrons. The molecule has 0 spiro atoms. The highest BCUT2D eigenvalue weighted by atomic mass is 16.4. The molecule has 0 heterocycles. The van der Waals surface area contributed by atoms with E-state index in [4.69, 9.17) is 20.4 Å². The molecule has 0 unspecified atom stereocenters. The van der Waals surface area contributed by atoms with E-state index in [1.807, 2.05) is 0 Å². The first-order valence-electron chi connectivity index (χ1n) is 3.11. The Morgan fingerprint density at radius 3 is 2.27 bits per heavy atom. The fraction of sp³-hybridized carbons (Fsp3) is 0.833. The zero-order valence-electron chi connectivity index (χ0n) is 6.14. The van der Waals surface area contributed by atoms with E-state index in [2.05, 4.69) is 0 Å². The summed E-state index contributed by atoms with van der Waals surface area (Å²) >= 11 is 0. The molecule has 0 amide bonds. The number of hydrogen-bond donors (Lipinski definition) is 4. The monoisotopic (exact) mass is 164 g/mol. The Morgan fingerprint density at radius 2 is 2.00 bits per heavy atom. The van der Waals surface area contributed by atoms with Crippen molar-refractivity contribution in [3.63, 3.8) is 0 Å². The van der Waals surface area contributed by atoms with Gasteiger partial charge in [0.2, 0.25) is 0 Å². The largest absolute Gasteiger partial charge is 0.394 e. The van der Waals surface area contributed by atoms with E-state index < -0.39 is 24.4 Å². The van der Waals surface area contributed by atoms with Crippen LogP contribution in [0, 0.1) is 0 Å². The average Bonchev–Trinajstić information content (AvgIpc) is 2.01. The van der Waals surface area contributed by atoms with Crippen LogP contribution >= 0.6 is 0 Å². The van der Waals surface area contributed by atoms with Crippen LogP contribution in [0.5, 0.6) is 0 Å². The van der Waals surface area contributed by atoms with Crippen LogP contribution in [0.4, 0.5) is 0 Å². The number of aliphatic hydroxyl groups is 4. The molecule has 0 saturated heterocycles. The third kappa shape index (κ3) is 2.23. The molecule has 5 nitrogen and oxygen atoms in total. The summed E-state index contributed by atoms with van der Waals surface area (Å²) in [7, 11) is 0. The van der Waals surface area contributed by atoms with Crippen molar-refractivity contribution in [1.29, 1.82) is 0 Å². The van der Waals surface area contributed by atoms with E-state index in [0.717, 1.165) is 6.92 Å². The van der Waals surface area contributed by atoms with Crippen molar-refractivity contribution < 1.29 is 25.2 Å². The molecule has 0 bridgehead atoms. The Morgan fingerprint density at radius 1 is 1.55 bits per heavy atom. The number of aldehydes is 1. The molecule has 0 aromatic carbocycles. The Balaban J connectivity index is 4.29. The van der Waals surface area contributed by atoms with Crippen LogP contribution < -0.4 is 0 Å². The lowest BCUT2D eigenvalue weighted by Crippen LogP contribution is -2.51. The van der Waals surface area contributed by atoms with Gasteiger partial charge in [0.05, 0.1) is 6.61 Å². The normalized spacial score (nSPS) is 21.9. The van der Waals surface area contributed by atoms with Gasteiger partial charge in [-0.05, 0) is 6.92 Å². The third-order valence-electron chi connectivity index (χ3n) is 1.58. The first-order valence-corrected chi connectivity index (χ1v) is 3.11. The van der Waals surface area contributed by atoms with Gasteiger partial charge in [0, 0.05) is 0 Å². The molecule has 0 aliphatic carbocycles. The van der Waals surface area contributed by atoms with Crippen molar-refractivity contribution in [1.82, 2.24) is 0 Å². The van der Waals surface area contributed by atoms with Gasteiger partial charge in [-0.25, -0.2) is 0 Å². The fourth-order valence-electron chi connectivity index (χ4n) is 0.520. The van der Waals surface area contributed by atoms with E-state index in [1.165, 1.54) is 0 Å². The Bertz CT molecular complexity index is 133. The number of carbonyl (C=O) groups is 1. The van der Waals surface area contributed by atoms with Crippen LogP contribution in [0.1, 0.15) is 6.92 Å². The summed E-state index contributed by atoms with van der Waals surface area (Å²) in [5.74, 6) is 0. The SMILES string of the molecule is C[C@@](O)([C@H](O)CO)[C@@H](O)C=O. The molecule has 0 aromatic rings. The van der Waals surface area contributed by atoms with E-state index in [1.54, 1.807) is 0 Å². The molecule has 0 saturated carbocycles. The van der Waals surface area contributed by atoms with Crippen LogP contribution in [0.25, 0.3) is 0 Å². The van der Waals surface area contributed by atoms with Crippen molar-refractivity contribution in [3.05, 3.63) is 0 Å². The Hall–Kier alpha value is -0.490. The molecule has 0 aromatic heterocycles. The van der Waals surface area contributed by atoms with Gasteiger partial charge in [0.15, 0.2) is 6.29 Å². The highest BCUT2D eigenvalue weighted by molar-refractivity contribution is 5.58. The molecule has 0 aliphatic heterocycles. The summed E-state index contributed by atoms with van der Waals surface area (Å²) in [5.41, 5.74) is -1.99. The van der Waals surface area contributed by atoms with Crippen LogP contribution in [0.2, 0.25) is 0 Å². The molecule has 4 N–H and O–H groups in total. The second-order valence-electron chi connectivity index (χ2n) is 2.51. The summed E-state index contributed by atoms with van der Waals surface area (Å²) in [5, 5.41) is 35.2. The fourth-order valence-corrected chi connectivity index (χ4v) is 0.520. The van der Waals surface area contributed by atoms with E-state index >= 15 is 0 Å². The lowest BCUT2D eigenvalue weighted by Gasteiger charge is -2.29. The smallest absolute Gasteiger partial charge is 0.151 e. The van der Waals surface area contributed by atoms with Gasteiger partial charge >= 0.3 is 0 Å². The van der Waals surface area contributed by atoms with Gasteiger partial charge < -0.3 is 25.2 Å². The zero-order valence-corrected chi connectivity index (χ0v) is 6.14. The summed E-state index contributed by atoms with van der Waals surface area (Å²) < 4.78 is 0. The predicted octanol–water partition coefficient (Wildman–Crippen LogP) is -2.35. The number of hydrogen-bond acceptors (Lipinski definition) is 5. The van der Waals surface area contributed by atoms with Gasteiger partial charge in [-0.15, -0.1) is 0 Å². The van der Waals surface area contributed by atoms with Gasteiger partial charge in [0.1, 0.15) is 17.8 Å². The standard InChI is InChI=1S/C6H12O5/c1-6(11,4(9)2-7)5(10)3-8/h2,4-5,8-11H,3H2,1H3/t4-,5+,6-/m0/s1. The van der Waals surface area contributed by atoms with E-state index in [9.17, 15) is 4.79 Å². The van der Waals surface area contributed by atoms with Crippen molar-refractivity contribution >= 4 is 6.29 Å². The first kappa shape index (κ1) is 10.5. The molecule has 0 radical (unpaired) electrons. The van der Waals surface area contributed by atoms with Crippen LogP contribution in [-0.4, -0.2) is 51.1 Å². The van der Waals surface area contributed by atoms with Crippen molar-refractivity contribution in [2.75, 3.05) is 6.61 Å². The topological polar surface area (TPSA) is 98.0 Å². The van der Waals surface area contributed by atoms with Crippen molar-refractivity contribution in [2.45, 2.75) is 24.7 Å². The Kier molecular flexibility index (Phi) is 3.61. The maximum absolute atomic E-state index is 9.97. The Labute approximate surface area is 63.9 Å². The number of carbonyl (C=O) groups excluding carboxylic acids is 1. The van der Waals surface area contributed by atoms with Crippen LogP contribution in [-0.2, 0) is 4.79 Å². The molecule has 3 atom stereocenters. The quantitative estimate of drug-likeness (QED) is 0.349. The van der Waals surface area contributed by atoms with Gasteiger partial charge in [-0.2, -0.15) is 0 Å². The van der Waals surface area contributed by atoms with Crippen molar-refractivity contribution in [3.8, 4) is 0 Å². The summed E-state index contributed by atoms with van der Waals surface area (Å²) in [6.07, 6.45) is -3.12. The lowest BCUT2D eigenvalue weighted by molar-refractivity contribution is -0.155. The first-order chi connectivity index (χ1) is 4.96. The maximum atomic E-state index is 9.97. The van der Waals surface area contributed by atoms with E-state index in [0.29, 0.717) is 0 Å². The second kappa shape index (κ2) is 3.77. The van der Waals surface area contributed by atoms with Gasteiger partial charge in [0.25, 0.3) is 0 Å². The average molecular weight is 164 g/mol. The molecule has 11 heavy (non-hydrogen) atoms. The summed E-state index contributed by atoms with van der Waals surface area (Å²) in [6.45, 7) is 0.352. The minimum atomic E-state index is -1.99. The molecular formula is C6H12O5. The highest BCUT2D eigenvalue weighted by Gasteiger charge is 2.37. The molecule has 5 heteroatoms. The molecule has 0 aliphatic rings. The minimum Gasteiger partial charge on any atom is -0.394 e. The number of aliphatic hydroxyl groups excluding tert-OH is 3. The molecular weight excluding hydrogens is 152 g/mol. The molecule has 0 fully saturated rings. The third-order valence-corrected chi connectivity index (χ3v) is 1.58. The van der Waals surface area contributed by atoms with Gasteiger partial charge in [-0.3, -0.25) is 0 Å². The van der Waals surface area contributed by atoms with Crippen molar-refractivity contribution in [2.24, 2.45) is 0 Å². The number of rotatable bonds is 4. The summed E-state index contributed by atoms with van der Waals surface area (Å²) in [6, 6.07) is 0. The zero-order chi connectivity index (χ0) is 9.07. The predicted molar refractivity (Wildman–Crippen MR) is 35.8 cm³/mol. The summed E-state index contributed by atoms with van der Waals surface area (Å²) in [4.78, 5) is 9.97. The van der Waals surface area contributed by atoms with Crippen LogP contribution in [0.3, 0.4) is 0 Å².